The van der Waals surface area contributed by atoms with E-state index in [1.54, 1.807) is 13.3 Å². The van der Waals surface area contributed by atoms with Crippen LogP contribution in [-0.4, -0.2) is 45.3 Å². The maximum atomic E-state index is 11.7. The number of aromatic amines is 1. The van der Waals surface area contributed by atoms with Crippen molar-refractivity contribution in [1.29, 1.82) is 0 Å². The molecule has 0 saturated carbocycles. The van der Waals surface area contributed by atoms with Crippen molar-refractivity contribution in [3.05, 3.63) is 53.6 Å². The van der Waals surface area contributed by atoms with Gasteiger partial charge in [0.2, 0.25) is 5.91 Å². The minimum Gasteiger partial charge on any atom is -0.348 e. The fourth-order valence-corrected chi connectivity index (χ4v) is 3.03. The zero-order valence-corrected chi connectivity index (χ0v) is 13.1. The summed E-state index contributed by atoms with van der Waals surface area (Å²) in [5, 5.41) is 0. The van der Waals surface area contributed by atoms with Gasteiger partial charge in [0.25, 0.3) is 0 Å². The maximum Gasteiger partial charge on any atom is 0.219 e. The first-order valence-electron chi connectivity index (χ1n) is 7.68. The smallest absolute Gasteiger partial charge is 0.219 e. The number of hydrogen-bond acceptors (Lipinski definition) is 3. The number of aryl methyl sites for hydroxylation is 1. The SMILES string of the molecule is CC(=O)N1CCN(Cc2nc[nH]c2C)[C@H](c2ccccc2)C1. The Bertz CT molecular complexity index is 637. The van der Waals surface area contributed by atoms with E-state index in [0.717, 1.165) is 37.6 Å². The fraction of sp³-hybridized carbons (Fsp3) is 0.412. The Morgan fingerprint density at radius 2 is 2.09 bits per heavy atom. The molecular formula is C17H22N4O. The van der Waals surface area contributed by atoms with E-state index in [4.69, 9.17) is 0 Å². The molecular weight excluding hydrogens is 276 g/mol. The highest BCUT2D eigenvalue weighted by atomic mass is 16.2. The van der Waals surface area contributed by atoms with Crippen LogP contribution in [0.15, 0.2) is 36.7 Å². The first-order valence-corrected chi connectivity index (χ1v) is 7.68. The van der Waals surface area contributed by atoms with E-state index < -0.39 is 0 Å². The van der Waals surface area contributed by atoms with Crippen molar-refractivity contribution >= 4 is 5.91 Å². The predicted molar refractivity (Wildman–Crippen MR) is 85.2 cm³/mol. The fourth-order valence-electron chi connectivity index (χ4n) is 3.03. The third kappa shape index (κ3) is 3.04. The number of carbonyl (C=O) groups excluding carboxylic acids is 1. The molecule has 5 heteroatoms. The van der Waals surface area contributed by atoms with Crippen LogP contribution in [0.2, 0.25) is 0 Å². The number of rotatable bonds is 3. The van der Waals surface area contributed by atoms with Crippen LogP contribution in [0, 0.1) is 6.92 Å². The molecule has 1 aromatic carbocycles. The van der Waals surface area contributed by atoms with Crippen molar-refractivity contribution in [3.8, 4) is 0 Å². The van der Waals surface area contributed by atoms with Crippen LogP contribution in [0.5, 0.6) is 0 Å². The number of amides is 1. The van der Waals surface area contributed by atoms with E-state index in [1.807, 2.05) is 17.9 Å². The molecule has 2 aromatic rings. The topological polar surface area (TPSA) is 52.2 Å². The van der Waals surface area contributed by atoms with Crippen LogP contribution in [-0.2, 0) is 11.3 Å². The second-order valence-corrected chi connectivity index (χ2v) is 5.84. The second-order valence-electron chi connectivity index (χ2n) is 5.84. The largest absolute Gasteiger partial charge is 0.348 e. The van der Waals surface area contributed by atoms with E-state index in [-0.39, 0.29) is 11.9 Å². The van der Waals surface area contributed by atoms with Crippen LogP contribution in [0.3, 0.4) is 0 Å². The maximum absolute atomic E-state index is 11.7. The number of aromatic nitrogens is 2. The summed E-state index contributed by atoms with van der Waals surface area (Å²) in [5.41, 5.74) is 3.44. The quantitative estimate of drug-likeness (QED) is 0.944. The third-order valence-corrected chi connectivity index (χ3v) is 4.41. The Balaban J connectivity index is 1.84. The highest BCUT2D eigenvalue weighted by Gasteiger charge is 2.29. The zero-order valence-electron chi connectivity index (χ0n) is 13.1. The molecule has 1 aliphatic rings. The molecule has 1 saturated heterocycles. The molecule has 1 aliphatic heterocycles. The minimum atomic E-state index is 0.150. The normalized spacial score (nSPS) is 19.4. The molecule has 1 N–H and O–H groups in total. The van der Waals surface area contributed by atoms with E-state index in [2.05, 4.69) is 39.1 Å². The molecule has 1 fully saturated rings. The van der Waals surface area contributed by atoms with Gasteiger partial charge in [-0.15, -0.1) is 0 Å². The summed E-state index contributed by atoms with van der Waals surface area (Å²) in [5.74, 6) is 0.150. The minimum absolute atomic E-state index is 0.150. The summed E-state index contributed by atoms with van der Waals surface area (Å²) < 4.78 is 0. The van der Waals surface area contributed by atoms with Gasteiger partial charge in [0.1, 0.15) is 0 Å². The molecule has 1 aromatic heterocycles. The lowest BCUT2D eigenvalue weighted by Gasteiger charge is -2.41. The van der Waals surface area contributed by atoms with Gasteiger partial charge in [-0.1, -0.05) is 30.3 Å². The van der Waals surface area contributed by atoms with Crippen LogP contribution in [0.25, 0.3) is 0 Å². The molecule has 0 unspecified atom stereocenters. The molecule has 5 nitrogen and oxygen atoms in total. The molecule has 116 valence electrons. The summed E-state index contributed by atoms with van der Waals surface area (Å²) in [6.07, 6.45) is 1.74. The number of nitrogens with one attached hydrogen (secondary N) is 1. The second kappa shape index (κ2) is 6.32. The van der Waals surface area contributed by atoms with E-state index in [0.29, 0.717) is 0 Å². The van der Waals surface area contributed by atoms with Crippen molar-refractivity contribution in [2.75, 3.05) is 19.6 Å². The Morgan fingerprint density at radius 3 is 2.73 bits per heavy atom. The van der Waals surface area contributed by atoms with Gasteiger partial charge in [0, 0.05) is 38.8 Å². The summed E-state index contributed by atoms with van der Waals surface area (Å²) >= 11 is 0. The van der Waals surface area contributed by atoms with Crippen LogP contribution in [0.1, 0.15) is 29.9 Å². The van der Waals surface area contributed by atoms with Gasteiger partial charge in [0.15, 0.2) is 0 Å². The first kappa shape index (κ1) is 14.8. The highest BCUT2D eigenvalue weighted by Crippen LogP contribution is 2.27. The Kier molecular flexibility index (Phi) is 4.24. The third-order valence-electron chi connectivity index (χ3n) is 4.41. The standard InChI is InChI=1S/C17H22N4O/c1-13-16(19-12-18-13)10-21-9-8-20(14(2)22)11-17(21)15-6-4-3-5-7-15/h3-7,12,17H,8-11H2,1-2H3,(H,18,19)/t17-/m0/s1. The van der Waals surface area contributed by atoms with Crippen molar-refractivity contribution in [2.24, 2.45) is 0 Å². The molecule has 0 aliphatic carbocycles. The van der Waals surface area contributed by atoms with Gasteiger partial charge < -0.3 is 9.88 Å². The molecule has 3 rings (SSSR count). The van der Waals surface area contributed by atoms with Gasteiger partial charge in [-0.25, -0.2) is 4.98 Å². The van der Waals surface area contributed by atoms with Crippen LogP contribution in [0.4, 0.5) is 0 Å². The number of hydrogen-bond donors (Lipinski definition) is 1. The summed E-state index contributed by atoms with van der Waals surface area (Å²) in [6.45, 7) is 6.89. The van der Waals surface area contributed by atoms with Gasteiger partial charge in [-0.3, -0.25) is 9.69 Å². The lowest BCUT2D eigenvalue weighted by molar-refractivity contribution is -0.132. The lowest BCUT2D eigenvalue weighted by Crippen LogP contribution is -2.49. The number of imidazole rings is 1. The molecule has 1 amide bonds. The summed E-state index contributed by atoms with van der Waals surface area (Å²) in [7, 11) is 0. The number of carbonyl (C=O) groups is 1. The Morgan fingerprint density at radius 1 is 1.32 bits per heavy atom. The molecule has 1 atom stereocenters. The van der Waals surface area contributed by atoms with Gasteiger partial charge in [0.05, 0.1) is 18.1 Å². The van der Waals surface area contributed by atoms with Crippen LogP contribution < -0.4 is 0 Å². The molecule has 2 heterocycles. The van der Waals surface area contributed by atoms with Crippen molar-refractivity contribution < 1.29 is 4.79 Å². The Hall–Kier alpha value is -2.14. The monoisotopic (exact) mass is 298 g/mol. The van der Waals surface area contributed by atoms with Crippen molar-refractivity contribution in [1.82, 2.24) is 19.8 Å². The van der Waals surface area contributed by atoms with E-state index >= 15 is 0 Å². The average molecular weight is 298 g/mol. The molecule has 0 bridgehead atoms. The van der Waals surface area contributed by atoms with Gasteiger partial charge >= 0.3 is 0 Å². The molecule has 0 spiro atoms. The van der Waals surface area contributed by atoms with Gasteiger partial charge in [-0.05, 0) is 12.5 Å². The number of benzene rings is 1. The van der Waals surface area contributed by atoms with Crippen molar-refractivity contribution in [3.63, 3.8) is 0 Å². The number of H-pyrrole nitrogens is 1. The van der Waals surface area contributed by atoms with Crippen molar-refractivity contribution in [2.45, 2.75) is 26.4 Å². The number of nitrogens with zero attached hydrogens (tertiary/aromatic N) is 3. The zero-order chi connectivity index (χ0) is 15.5. The average Bonchev–Trinajstić information content (AvgIpc) is 2.93. The summed E-state index contributed by atoms with van der Waals surface area (Å²) in [4.78, 5) is 23.6. The molecule has 0 radical (unpaired) electrons. The summed E-state index contributed by atoms with van der Waals surface area (Å²) in [6, 6.07) is 10.6. The predicted octanol–water partition coefficient (Wildman–Crippen LogP) is 2.12. The Labute approximate surface area is 131 Å². The van der Waals surface area contributed by atoms with E-state index in [9.17, 15) is 4.79 Å². The van der Waals surface area contributed by atoms with E-state index in [1.165, 1.54) is 5.56 Å². The highest BCUT2D eigenvalue weighted by molar-refractivity contribution is 5.73. The molecule has 22 heavy (non-hydrogen) atoms. The lowest BCUT2D eigenvalue weighted by atomic mass is 10.0. The van der Waals surface area contributed by atoms with Crippen LogP contribution >= 0.6 is 0 Å². The first-order chi connectivity index (χ1) is 10.6. The number of piperazine rings is 1. The van der Waals surface area contributed by atoms with Gasteiger partial charge in [-0.2, -0.15) is 0 Å².